The van der Waals surface area contributed by atoms with Crippen molar-refractivity contribution in [1.29, 1.82) is 0 Å². The molecule has 1 N–H and O–H groups in total. The Morgan fingerprint density at radius 1 is 0.750 bits per heavy atom. The summed E-state index contributed by atoms with van der Waals surface area (Å²) < 4.78 is 35.2. The molecule has 0 saturated heterocycles. The summed E-state index contributed by atoms with van der Waals surface area (Å²) in [6.45, 7) is 0. The van der Waals surface area contributed by atoms with Crippen LogP contribution in [0.15, 0.2) is 103 Å². The molecule has 0 bridgehead atoms. The third-order valence-electron chi connectivity index (χ3n) is 5.17. The van der Waals surface area contributed by atoms with Crippen LogP contribution < -0.4 is 9.70 Å². The first-order valence-electron chi connectivity index (χ1n) is 10.6. The third-order valence-corrected chi connectivity index (χ3v) is 5.67. The Bertz CT molecular complexity index is 1360. The van der Waals surface area contributed by atoms with E-state index >= 15 is 0 Å². The Morgan fingerprint density at radius 3 is 1.97 bits per heavy atom. The summed E-state index contributed by atoms with van der Waals surface area (Å²) in [6, 6.07) is 23.7. The second-order valence-corrected chi connectivity index (χ2v) is 8.37. The van der Waals surface area contributed by atoms with Gasteiger partial charge in [-0.3, -0.25) is 12.9 Å². The molecule has 36 heavy (non-hydrogen) atoms. The molecule has 3 aromatic rings. The highest BCUT2D eigenvalue weighted by atomic mass is 35.5. The van der Waals surface area contributed by atoms with E-state index in [1.54, 1.807) is 0 Å². The number of allylic oxidation sites excluding steroid dienone is 6. The van der Waals surface area contributed by atoms with Crippen LogP contribution in [-0.4, -0.2) is 13.8 Å². The quantitative estimate of drug-likeness (QED) is 0.401. The molecule has 2 heterocycles. The molecule has 0 saturated carbocycles. The lowest BCUT2D eigenvalue weighted by molar-refractivity contribution is -0.342. The molecule has 9 heteroatoms. The van der Waals surface area contributed by atoms with Crippen molar-refractivity contribution < 1.29 is 27.4 Å². The molecule has 0 aliphatic carbocycles. The molecule has 0 spiro atoms. The molecule has 0 unspecified atom stereocenters. The largest absolute Gasteiger partial charge is 1.00 e. The Labute approximate surface area is 216 Å². The van der Waals surface area contributed by atoms with Gasteiger partial charge < -0.3 is 9.44 Å². The minimum absolute atomic E-state index is 0. The molecule has 5 rings (SSSR count). The molecule has 2 nitrogen and oxygen atoms in total. The molecule has 0 fully saturated rings. The predicted molar refractivity (Wildman–Crippen MR) is 138 cm³/mol. The fraction of sp³-hybridized carbons (Fsp3) is 0. The Hall–Kier alpha value is -3.55. The number of hydrogen-bond acceptors (Lipinski definition) is 1. The lowest BCUT2D eigenvalue weighted by Crippen LogP contribution is -3.00. The van der Waals surface area contributed by atoms with Crippen molar-refractivity contribution in [2.24, 2.45) is 0 Å². The van der Waals surface area contributed by atoms with Crippen LogP contribution in [0.3, 0.4) is 0 Å². The fourth-order valence-corrected chi connectivity index (χ4v) is 3.83. The SMILES string of the molecule is Clc1ccc(C2=CC(=CC=C3C=[NH+]c4ccccc43)OC(c3ccc(Cl)cc3)=C2)cc1.FB(F)F.[F-]. The van der Waals surface area contributed by atoms with Gasteiger partial charge in [0, 0.05) is 21.7 Å². The molecule has 2 aliphatic heterocycles. The van der Waals surface area contributed by atoms with Gasteiger partial charge in [0.2, 0.25) is 5.69 Å². The van der Waals surface area contributed by atoms with Gasteiger partial charge in [-0.05, 0) is 77.9 Å². The summed E-state index contributed by atoms with van der Waals surface area (Å²) in [5.41, 5.74) is 6.46. The van der Waals surface area contributed by atoms with Crippen LogP contribution in [0.1, 0.15) is 16.7 Å². The van der Waals surface area contributed by atoms with Crippen LogP contribution in [0.4, 0.5) is 18.6 Å². The van der Waals surface area contributed by atoms with Gasteiger partial charge >= 0.3 is 7.54 Å². The zero-order valence-electron chi connectivity index (χ0n) is 18.6. The summed E-state index contributed by atoms with van der Waals surface area (Å²) in [5, 5.41) is 1.40. The monoisotopic (exact) mass is 529 g/mol. The number of nitrogens with one attached hydrogen (secondary N) is 1. The number of para-hydroxylation sites is 1. The Kier molecular flexibility index (Phi) is 9.34. The van der Waals surface area contributed by atoms with Gasteiger partial charge in [-0.2, -0.15) is 0 Å². The number of hydrogen-bond donors (Lipinski definition) is 1. The zero-order chi connectivity index (χ0) is 24.8. The van der Waals surface area contributed by atoms with Crippen LogP contribution in [0.5, 0.6) is 0 Å². The summed E-state index contributed by atoms with van der Waals surface area (Å²) in [5.74, 6) is 1.52. The normalized spacial score (nSPS) is 15.7. The summed E-state index contributed by atoms with van der Waals surface area (Å²) in [4.78, 5) is 3.30. The van der Waals surface area contributed by atoms with E-state index < -0.39 is 7.54 Å². The van der Waals surface area contributed by atoms with Crippen molar-refractivity contribution in [3.05, 3.63) is 130 Å². The number of fused-ring (bicyclic) bond motifs is 1. The van der Waals surface area contributed by atoms with Crippen LogP contribution in [0.25, 0.3) is 16.9 Å². The molecular formula is C27H18BCl2F4NO. The fourth-order valence-electron chi connectivity index (χ4n) is 3.57. The molecule has 182 valence electrons. The van der Waals surface area contributed by atoms with E-state index in [1.807, 2.05) is 85.1 Å². The third kappa shape index (κ3) is 7.00. The van der Waals surface area contributed by atoms with Gasteiger partial charge in [0.15, 0.2) is 6.21 Å². The number of rotatable bonds is 3. The van der Waals surface area contributed by atoms with E-state index in [4.69, 9.17) is 27.9 Å². The van der Waals surface area contributed by atoms with Crippen molar-refractivity contribution in [1.82, 2.24) is 0 Å². The first-order valence-corrected chi connectivity index (χ1v) is 11.3. The lowest BCUT2D eigenvalue weighted by atomic mass is 10.00. The van der Waals surface area contributed by atoms with Crippen molar-refractivity contribution in [2.75, 3.05) is 0 Å². The van der Waals surface area contributed by atoms with Crippen molar-refractivity contribution in [3.63, 3.8) is 0 Å². The summed E-state index contributed by atoms with van der Waals surface area (Å²) in [7, 11) is -3.67. The minimum Gasteiger partial charge on any atom is -1.00 e. The van der Waals surface area contributed by atoms with Gasteiger partial charge in [0.1, 0.15) is 11.5 Å². The average Bonchev–Trinajstić information content (AvgIpc) is 3.26. The van der Waals surface area contributed by atoms with Crippen LogP contribution in [0.2, 0.25) is 10.0 Å². The lowest BCUT2D eigenvalue weighted by Gasteiger charge is -2.18. The predicted octanol–water partition coefficient (Wildman–Crippen LogP) is 4.10. The standard InChI is InChI=1S/C27H17Cl2NO.BF3.FH/c28-22-10-5-18(6-11-22)21-15-24(31-27(16-21)19-7-12-23(29)13-8-19)14-9-20-17-30-26-4-2-1-3-25(20)26;2-1(3)4;/h1-17H;;1H. The van der Waals surface area contributed by atoms with Crippen LogP contribution >= 0.6 is 23.2 Å². The number of halogens is 6. The highest BCUT2D eigenvalue weighted by Gasteiger charge is 2.18. The first kappa shape index (κ1) is 27.0. The van der Waals surface area contributed by atoms with E-state index in [-0.39, 0.29) is 4.70 Å². The van der Waals surface area contributed by atoms with Crippen molar-refractivity contribution >= 4 is 59.6 Å². The Morgan fingerprint density at radius 2 is 1.33 bits per heavy atom. The van der Waals surface area contributed by atoms with Crippen molar-refractivity contribution in [2.45, 2.75) is 0 Å². The summed E-state index contributed by atoms with van der Waals surface area (Å²) in [6.07, 6.45) is 10.1. The molecule has 0 atom stereocenters. The van der Waals surface area contributed by atoms with E-state index in [2.05, 4.69) is 23.2 Å². The van der Waals surface area contributed by atoms with Crippen LogP contribution in [-0.2, 0) is 4.74 Å². The first-order chi connectivity index (χ1) is 16.9. The van der Waals surface area contributed by atoms with Crippen molar-refractivity contribution in [3.8, 4) is 0 Å². The second kappa shape index (κ2) is 12.4. The molecular weight excluding hydrogens is 512 g/mol. The maximum absolute atomic E-state index is 9.67. The minimum atomic E-state index is -3.67. The highest BCUT2D eigenvalue weighted by Crippen LogP contribution is 2.33. The second-order valence-electron chi connectivity index (χ2n) is 7.50. The van der Waals surface area contributed by atoms with Crippen LogP contribution in [0, 0.1) is 0 Å². The molecule has 0 radical (unpaired) electrons. The van der Waals surface area contributed by atoms with E-state index in [0.717, 1.165) is 39.5 Å². The molecule has 0 aromatic heterocycles. The van der Waals surface area contributed by atoms with Gasteiger partial charge in [-0.15, -0.1) is 0 Å². The maximum atomic E-state index is 9.67. The topological polar surface area (TPSA) is 23.2 Å². The van der Waals surface area contributed by atoms with Gasteiger partial charge in [-0.25, -0.2) is 4.99 Å². The Balaban J connectivity index is 0.000000674. The summed E-state index contributed by atoms with van der Waals surface area (Å²) >= 11 is 12.2. The smallest absolute Gasteiger partial charge is 0.762 e. The van der Waals surface area contributed by atoms with E-state index in [9.17, 15) is 12.9 Å². The zero-order valence-corrected chi connectivity index (χ0v) is 20.1. The molecule has 2 aliphatic rings. The van der Waals surface area contributed by atoms with Gasteiger partial charge in [-0.1, -0.05) is 47.5 Å². The molecule has 0 amide bonds. The molecule has 3 aromatic carbocycles. The maximum Gasteiger partial charge on any atom is 0.762 e. The average molecular weight is 530 g/mol. The number of benzene rings is 3. The van der Waals surface area contributed by atoms with E-state index in [0.29, 0.717) is 10.0 Å². The number of ether oxygens (including phenoxy) is 1. The van der Waals surface area contributed by atoms with Gasteiger partial charge in [0.05, 0.1) is 11.1 Å². The highest BCUT2D eigenvalue weighted by molar-refractivity contribution is 6.33. The van der Waals surface area contributed by atoms with Gasteiger partial charge in [0.25, 0.3) is 0 Å². The van der Waals surface area contributed by atoms with E-state index in [1.165, 1.54) is 5.56 Å².